The average Bonchev–Trinajstić information content (AvgIpc) is 2.71. The van der Waals surface area contributed by atoms with Crippen molar-refractivity contribution in [2.45, 2.75) is 56.9 Å². The van der Waals surface area contributed by atoms with Crippen molar-refractivity contribution in [1.82, 2.24) is 4.90 Å². The summed E-state index contributed by atoms with van der Waals surface area (Å²) in [4.78, 5) is 27.8. The molecule has 24 heavy (non-hydrogen) atoms. The monoisotopic (exact) mass is 362 g/mol. The standard InChI is InChI=1S/C18H30N2O2Si2/c1-23(2,3)18(12-9-13-19,24(4,5)6)20-16(21)14-10-7-8-11-15(14)17(20)22/h7-8,10-11H,9,12-13,19H2,1-6H3. The lowest BCUT2D eigenvalue weighted by Gasteiger charge is -2.56. The second-order valence-corrected chi connectivity index (χ2v) is 19.9. The van der Waals surface area contributed by atoms with Gasteiger partial charge in [-0.1, -0.05) is 51.4 Å². The lowest BCUT2D eigenvalue weighted by Crippen LogP contribution is -2.76. The van der Waals surface area contributed by atoms with Crippen molar-refractivity contribution in [2.75, 3.05) is 6.54 Å². The molecule has 4 nitrogen and oxygen atoms in total. The van der Waals surface area contributed by atoms with E-state index in [9.17, 15) is 9.59 Å². The molecule has 2 N–H and O–H groups in total. The second-order valence-electron chi connectivity index (χ2n) is 8.74. The maximum Gasteiger partial charge on any atom is 0.261 e. The number of hydrogen-bond donors (Lipinski definition) is 1. The maximum atomic E-state index is 13.2. The lowest BCUT2D eigenvalue weighted by atomic mass is 10.1. The number of nitrogens with zero attached hydrogens (tertiary/aromatic N) is 1. The van der Waals surface area contributed by atoms with Gasteiger partial charge in [0.2, 0.25) is 0 Å². The van der Waals surface area contributed by atoms with E-state index < -0.39 is 16.1 Å². The van der Waals surface area contributed by atoms with Gasteiger partial charge in [0.05, 0.1) is 27.3 Å². The maximum absolute atomic E-state index is 13.2. The van der Waals surface area contributed by atoms with Gasteiger partial charge in [0.1, 0.15) is 0 Å². The minimum atomic E-state index is -1.91. The van der Waals surface area contributed by atoms with Crippen molar-refractivity contribution in [3.63, 3.8) is 0 Å². The van der Waals surface area contributed by atoms with E-state index in [1.54, 1.807) is 17.0 Å². The molecule has 1 aromatic carbocycles. The zero-order valence-electron chi connectivity index (χ0n) is 15.8. The topological polar surface area (TPSA) is 63.4 Å². The summed E-state index contributed by atoms with van der Waals surface area (Å²) < 4.78 is 0. The summed E-state index contributed by atoms with van der Waals surface area (Å²) >= 11 is 0. The van der Waals surface area contributed by atoms with Crippen LogP contribution in [0.1, 0.15) is 33.6 Å². The van der Waals surface area contributed by atoms with Crippen LogP contribution in [0.3, 0.4) is 0 Å². The molecule has 0 saturated carbocycles. The molecule has 0 aliphatic carbocycles. The molecule has 0 radical (unpaired) electrons. The van der Waals surface area contributed by atoms with E-state index in [2.05, 4.69) is 39.3 Å². The average molecular weight is 363 g/mol. The van der Waals surface area contributed by atoms with Crippen molar-refractivity contribution in [3.8, 4) is 0 Å². The molecule has 0 unspecified atom stereocenters. The summed E-state index contributed by atoms with van der Waals surface area (Å²) in [5.41, 5.74) is 6.92. The van der Waals surface area contributed by atoms with Crippen LogP contribution in [-0.2, 0) is 0 Å². The number of nitrogens with two attached hydrogens (primary N) is 1. The molecule has 1 aromatic rings. The minimum absolute atomic E-state index is 0.113. The lowest BCUT2D eigenvalue weighted by molar-refractivity contribution is 0.0581. The molecular formula is C18H30N2O2Si2. The Labute approximate surface area is 147 Å². The van der Waals surface area contributed by atoms with Gasteiger partial charge in [-0.25, -0.2) is 0 Å². The number of carbonyl (C=O) groups excluding carboxylic acids is 2. The van der Waals surface area contributed by atoms with Gasteiger partial charge in [0.25, 0.3) is 11.8 Å². The summed E-state index contributed by atoms with van der Waals surface area (Å²) in [5, 5.41) is 0. The van der Waals surface area contributed by atoms with E-state index in [0.717, 1.165) is 12.8 Å². The number of rotatable bonds is 6. The minimum Gasteiger partial charge on any atom is -0.330 e. The molecule has 1 aliphatic heterocycles. The smallest absolute Gasteiger partial charge is 0.261 e. The van der Waals surface area contributed by atoms with Crippen LogP contribution in [0.5, 0.6) is 0 Å². The van der Waals surface area contributed by atoms with E-state index in [1.165, 1.54) is 0 Å². The fraction of sp³-hybridized carbons (Fsp3) is 0.556. The van der Waals surface area contributed by atoms with Gasteiger partial charge >= 0.3 is 0 Å². The van der Waals surface area contributed by atoms with Crippen molar-refractivity contribution in [2.24, 2.45) is 5.73 Å². The SMILES string of the molecule is C[Si](C)(C)C(CCCN)(N1C(=O)c2ccccc2C1=O)[Si](C)(C)C. The van der Waals surface area contributed by atoms with Crippen LogP contribution < -0.4 is 5.73 Å². The molecule has 1 aliphatic rings. The number of carbonyl (C=O) groups is 2. The van der Waals surface area contributed by atoms with Gasteiger partial charge < -0.3 is 5.73 Å². The second kappa shape index (κ2) is 6.24. The molecule has 1 heterocycles. The Morgan fingerprint density at radius 1 is 0.917 bits per heavy atom. The van der Waals surface area contributed by atoms with Crippen molar-refractivity contribution >= 4 is 28.0 Å². The zero-order chi connectivity index (χ0) is 18.3. The molecular weight excluding hydrogens is 332 g/mol. The summed E-state index contributed by atoms with van der Waals surface area (Å²) in [6.45, 7) is 14.3. The van der Waals surface area contributed by atoms with Crippen LogP contribution in [0.15, 0.2) is 24.3 Å². The first-order chi connectivity index (χ1) is 11.0. The molecule has 132 valence electrons. The first-order valence-electron chi connectivity index (χ1n) is 8.67. The third-order valence-corrected chi connectivity index (χ3v) is 15.8. The fourth-order valence-electron chi connectivity index (χ4n) is 4.55. The van der Waals surface area contributed by atoms with E-state index in [0.29, 0.717) is 17.7 Å². The summed E-state index contributed by atoms with van der Waals surface area (Å²) in [6, 6.07) is 7.21. The van der Waals surface area contributed by atoms with Crippen LogP contribution in [0, 0.1) is 0 Å². The highest BCUT2D eigenvalue weighted by Gasteiger charge is 2.61. The Hall–Kier alpha value is -1.25. The first kappa shape index (κ1) is 19.1. The highest BCUT2D eigenvalue weighted by atomic mass is 28.4. The fourth-order valence-corrected chi connectivity index (χ4v) is 17.2. The third kappa shape index (κ3) is 2.70. The van der Waals surface area contributed by atoms with Crippen LogP contribution in [-0.4, -0.2) is 44.2 Å². The predicted molar refractivity (Wildman–Crippen MR) is 105 cm³/mol. The van der Waals surface area contributed by atoms with E-state index in [-0.39, 0.29) is 16.6 Å². The summed E-state index contributed by atoms with van der Waals surface area (Å²) in [7, 11) is -3.81. The number of amides is 2. The molecule has 2 rings (SSSR count). The van der Waals surface area contributed by atoms with Crippen LogP contribution >= 0.6 is 0 Å². The molecule has 0 spiro atoms. The Balaban J connectivity index is 2.69. The Kier molecular flexibility index (Phi) is 4.96. The van der Waals surface area contributed by atoms with Gasteiger partial charge in [-0.05, 0) is 31.5 Å². The van der Waals surface area contributed by atoms with E-state index >= 15 is 0 Å². The Bertz CT molecular complexity index is 611. The first-order valence-corrected chi connectivity index (χ1v) is 15.7. The van der Waals surface area contributed by atoms with E-state index in [1.807, 2.05) is 12.1 Å². The van der Waals surface area contributed by atoms with Crippen LogP contribution in [0.4, 0.5) is 0 Å². The molecule has 0 aromatic heterocycles. The third-order valence-electron chi connectivity index (χ3n) is 5.40. The van der Waals surface area contributed by atoms with E-state index in [4.69, 9.17) is 5.73 Å². The quantitative estimate of drug-likeness (QED) is 0.622. The molecule has 0 atom stereocenters. The highest BCUT2D eigenvalue weighted by molar-refractivity contribution is 6.99. The van der Waals surface area contributed by atoms with Gasteiger partial charge in [-0.2, -0.15) is 0 Å². The number of fused-ring (bicyclic) bond motifs is 1. The normalized spacial score (nSPS) is 15.9. The predicted octanol–water partition coefficient (Wildman–Crippen LogP) is 3.52. The van der Waals surface area contributed by atoms with Crippen molar-refractivity contribution in [3.05, 3.63) is 35.4 Å². The zero-order valence-corrected chi connectivity index (χ0v) is 17.8. The van der Waals surface area contributed by atoms with Gasteiger partial charge in [-0.3, -0.25) is 14.5 Å². The molecule has 6 heteroatoms. The molecule has 2 amide bonds. The summed E-state index contributed by atoms with van der Waals surface area (Å²) in [6.07, 6.45) is 1.66. The van der Waals surface area contributed by atoms with Gasteiger partial charge in [-0.15, -0.1) is 0 Å². The Morgan fingerprint density at radius 2 is 1.33 bits per heavy atom. The number of hydrogen-bond acceptors (Lipinski definition) is 3. The highest BCUT2D eigenvalue weighted by Crippen LogP contribution is 2.44. The van der Waals surface area contributed by atoms with Gasteiger partial charge in [0.15, 0.2) is 0 Å². The van der Waals surface area contributed by atoms with Gasteiger partial charge in [0, 0.05) is 4.79 Å². The number of imide groups is 1. The van der Waals surface area contributed by atoms with Crippen molar-refractivity contribution < 1.29 is 9.59 Å². The number of benzene rings is 1. The van der Waals surface area contributed by atoms with Crippen LogP contribution in [0.25, 0.3) is 0 Å². The summed E-state index contributed by atoms with van der Waals surface area (Å²) in [5.74, 6) is -0.227. The molecule has 0 bridgehead atoms. The molecule has 0 saturated heterocycles. The van der Waals surface area contributed by atoms with Crippen molar-refractivity contribution in [1.29, 1.82) is 0 Å². The van der Waals surface area contributed by atoms with Crippen LogP contribution in [0.2, 0.25) is 39.3 Å². The molecule has 0 fully saturated rings. The largest absolute Gasteiger partial charge is 0.330 e. The Morgan fingerprint density at radius 3 is 1.67 bits per heavy atom.